The molecule has 0 radical (unpaired) electrons. The van der Waals surface area contributed by atoms with E-state index < -0.39 is 5.97 Å². The number of hydrogen-bond acceptors (Lipinski definition) is 3. The number of benzene rings is 1. The van der Waals surface area contributed by atoms with Gasteiger partial charge in [0.2, 0.25) is 5.91 Å². The molecule has 1 aliphatic heterocycles. The molecule has 0 bridgehead atoms. The predicted molar refractivity (Wildman–Crippen MR) is 84.1 cm³/mol. The zero-order valence-electron chi connectivity index (χ0n) is 11.2. The molecule has 1 aromatic rings. The third kappa shape index (κ3) is 4.53. The molecule has 0 spiro atoms. The average Bonchev–Trinajstić information content (AvgIpc) is 2.48. The van der Waals surface area contributed by atoms with E-state index in [0.717, 1.165) is 4.90 Å². The van der Waals surface area contributed by atoms with Gasteiger partial charge in [0.25, 0.3) is 0 Å². The SMILES string of the molecule is O=C(O)C1CCN(C(=O)CSc2cc(Cl)ccc2Cl)CC1. The fraction of sp³-hybridized carbons (Fsp3) is 0.429. The number of carboxylic acids is 1. The number of thioether (sulfide) groups is 1. The number of halogens is 2. The first kappa shape index (κ1) is 16.5. The van der Waals surface area contributed by atoms with Crippen molar-refractivity contribution < 1.29 is 14.7 Å². The minimum absolute atomic E-state index is 0.000110. The second-order valence-corrected chi connectivity index (χ2v) is 6.72. The van der Waals surface area contributed by atoms with Crippen LogP contribution in [-0.2, 0) is 9.59 Å². The van der Waals surface area contributed by atoms with E-state index in [9.17, 15) is 9.59 Å². The van der Waals surface area contributed by atoms with Gasteiger partial charge in [-0.3, -0.25) is 9.59 Å². The van der Waals surface area contributed by atoms with Crippen molar-refractivity contribution in [1.29, 1.82) is 0 Å². The van der Waals surface area contributed by atoms with Gasteiger partial charge in [0.1, 0.15) is 0 Å². The number of likely N-dealkylation sites (tertiary alicyclic amines) is 1. The minimum Gasteiger partial charge on any atom is -0.481 e. The van der Waals surface area contributed by atoms with Gasteiger partial charge in [-0.1, -0.05) is 23.2 Å². The summed E-state index contributed by atoms with van der Waals surface area (Å²) in [5, 5.41) is 10.1. The van der Waals surface area contributed by atoms with Crippen molar-refractivity contribution in [3.8, 4) is 0 Å². The van der Waals surface area contributed by atoms with Crippen molar-refractivity contribution in [2.75, 3.05) is 18.8 Å². The summed E-state index contributed by atoms with van der Waals surface area (Å²) in [5.41, 5.74) is 0. The van der Waals surface area contributed by atoms with Crippen LogP contribution in [0, 0.1) is 5.92 Å². The summed E-state index contributed by atoms with van der Waals surface area (Å²) in [4.78, 5) is 25.5. The normalized spacial score (nSPS) is 16.0. The molecule has 0 aliphatic carbocycles. The molecule has 1 saturated heterocycles. The summed E-state index contributed by atoms with van der Waals surface area (Å²) in [5.74, 6) is -0.830. The fourth-order valence-corrected chi connectivity index (χ4v) is 3.59. The summed E-state index contributed by atoms with van der Waals surface area (Å²) < 4.78 is 0. The molecule has 0 atom stereocenters. The first-order valence-electron chi connectivity index (χ1n) is 6.56. The van der Waals surface area contributed by atoms with Gasteiger partial charge in [-0.25, -0.2) is 0 Å². The maximum Gasteiger partial charge on any atom is 0.306 e. The van der Waals surface area contributed by atoms with Gasteiger partial charge in [-0.05, 0) is 31.0 Å². The van der Waals surface area contributed by atoms with Crippen LogP contribution < -0.4 is 0 Å². The molecule has 114 valence electrons. The van der Waals surface area contributed by atoms with Crippen molar-refractivity contribution in [3.05, 3.63) is 28.2 Å². The molecule has 4 nitrogen and oxygen atoms in total. The number of carboxylic acid groups (broad SMARTS) is 1. The van der Waals surface area contributed by atoms with E-state index in [1.165, 1.54) is 11.8 Å². The maximum absolute atomic E-state index is 12.1. The second-order valence-electron chi connectivity index (χ2n) is 4.86. The van der Waals surface area contributed by atoms with Crippen molar-refractivity contribution in [3.63, 3.8) is 0 Å². The number of rotatable bonds is 4. The van der Waals surface area contributed by atoms with E-state index in [2.05, 4.69) is 0 Å². The van der Waals surface area contributed by atoms with E-state index in [1.54, 1.807) is 23.1 Å². The van der Waals surface area contributed by atoms with Crippen LogP contribution in [0.15, 0.2) is 23.1 Å². The average molecular weight is 348 g/mol. The molecule has 1 heterocycles. The van der Waals surface area contributed by atoms with Crippen LogP contribution in [0.4, 0.5) is 0 Å². The van der Waals surface area contributed by atoms with Crippen LogP contribution in [0.2, 0.25) is 10.0 Å². The highest BCUT2D eigenvalue weighted by Crippen LogP contribution is 2.30. The molecule has 0 unspecified atom stereocenters. The molecule has 1 amide bonds. The monoisotopic (exact) mass is 347 g/mol. The lowest BCUT2D eigenvalue weighted by Gasteiger charge is -2.30. The first-order valence-corrected chi connectivity index (χ1v) is 8.30. The van der Waals surface area contributed by atoms with Gasteiger partial charge < -0.3 is 10.0 Å². The van der Waals surface area contributed by atoms with Crippen molar-refractivity contribution in [2.24, 2.45) is 5.92 Å². The molecule has 0 saturated carbocycles. The lowest BCUT2D eigenvalue weighted by atomic mass is 9.97. The number of piperidine rings is 1. The predicted octanol–water partition coefficient (Wildman–Crippen LogP) is 3.41. The van der Waals surface area contributed by atoms with E-state index in [0.29, 0.717) is 36.0 Å². The summed E-state index contributed by atoms with van der Waals surface area (Å²) in [6, 6.07) is 5.14. The fourth-order valence-electron chi connectivity index (χ4n) is 2.19. The zero-order valence-corrected chi connectivity index (χ0v) is 13.5. The quantitative estimate of drug-likeness (QED) is 0.848. The Labute approximate surface area is 137 Å². The van der Waals surface area contributed by atoms with Crippen LogP contribution >= 0.6 is 35.0 Å². The van der Waals surface area contributed by atoms with Crippen molar-refractivity contribution in [2.45, 2.75) is 17.7 Å². The lowest BCUT2D eigenvalue weighted by molar-refractivity contribution is -0.145. The molecular formula is C14H15Cl2NO3S. The van der Waals surface area contributed by atoms with Gasteiger partial charge in [-0.2, -0.15) is 0 Å². The highest BCUT2D eigenvalue weighted by atomic mass is 35.5. The molecular weight excluding hydrogens is 333 g/mol. The molecule has 2 rings (SSSR count). The second kappa shape index (κ2) is 7.38. The maximum atomic E-state index is 12.1. The van der Waals surface area contributed by atoms with Gasteiger partial charge in [0.15, 0.2) is 0 Å². The number of nitrogens with zero attached hydrogens (tertiary/aromatic N) is 1. The summed E-state index contributed by atoms with van der Waals surface area (Å²) in [6.45, 7) is 0.999. The van der Waals surface area contributed by atoms with Gasteiger partial charge in [-0.15, -0.1) is 11.8 Å². The molecule has 1 N–H and O–H groups in total. The van der Waals surface area contributed by atoms with Crippen LogP contribution in [0.3, 0.4) is 0 Å². The molecule has 1 fully saturated rings. The highest BCUT2D eigenvalue weighted by molar-refractivity contribution is 8.00. The van der Waals surface area contributed by atoms with Gasteiger partial charge in [0, 0.05) is 23.0 Å². The lowest BCUT2D eigenvalue weighted by Crippen LogP contribution is -2.41. The highest BCUT2D eigenvalue weighted by Gasteiger charge is 2.26. The number of aliphatic carboxylic acids is 1. The van der Waals surface area contributed by atoms with E-state index in [-0.39, 0.29) is 17.6 Å². The number of carbonyl (C=O) groups is 2. The Morgan fingerprint density at radius 3 is 2.57 bits per heavy atom. The Morgan fingerprint density at radius 1 is 1.29 bits per heavy atom. The number of hydrogen-bond donors (Lipinski definition) is 1. The molecule has 21 heavy (non-hydrogen) atoms. The Hall–Kier alpha value is -0.910. The van der Waals surface area contributed by atoms with E-state index >= 15 is 0 Å². The summed E-state index contributed by atoms with van der Waals surface area (Å²) in [7, 11) is 0. The molecule has 1 aromatic carbocycles. The smallest absolute Gasteiger partial charge is 0.306 e. The Balaban J connectivity index is 1.85. The molecule has 1 aliphatic rings. The zero-order chi connectivity index (χ0) is 15.4. The number of amides is 1. The van der Waals surface area contributed by atoms with E-state index in [4.69, 9.17) is 28.3 Å². The van der Waals surface area contributed by atoms with Gasteiger partial charge in [0.05, 0.1) is 16.7 Å². The Morgan fingerprint density at radius 2 is 1.95 bits per heavy atom. The molecule has 7 heteroatoms. The third-order valence-electron chi connectivity index (χ3n) is 3.44. The van der Waals surface area contributed by atoms with Crippen molar-refractivity contribution >= 4 is 46.8 Å². The number of carbonyl (C=O) groups excluding carboxylic acids is 1. The van der Waals surface area contributed by atoms with Crippen LogP contribution in [-0.4, -0.2) is 40.7 Å². The van der Waals surface area contributed by atoms with Crippen LogP contribution in [0.5, 0.6) is 0 Å². The summed E-state index contributed by atoms with van der Waals surface area (Å²) in [6.07, 6.45) is 1.04. The largest absolute Gasteiger partial charge is 0.481 e. The van der Waals surface area contributed by atoms with Crippen molar-refractivity contribution in [1.82, 2.24) is 4.90 Å². The van der Waals surface area contributed by atoms with Crippen LogP contribution in [0.25, 0.3) is 0 Å². The topological polar surface area (TPSA) is 57.6 Å². The minimum atomic E-state index is -0.776. The Bertz CT molecular complexity index is 545. The first-order chi connectivity index (χ1) is 9.97. The molecule has 0 aromatic heterocycles. The van der Waals surface area contributed by atoms with Crippen LogP contribution in [0.1, 0.15) is 12.8 Å². The Kier molecular flexibility index (Phi) is 5.79. The van der Waals surface area contributed by atoms with Gasteiger partial charge >= 0.3 is 5.97 Å². The third-order valence-corrected chi connectivity index (χ3v) is 5.16. The standard InChI is InChI=1S/C14H15Cl2NO3S/c15-10-1-2-11(16)12(7-10)21-8-13(18)17-5-3-9(4-6-17)14(19)20/h1-2,7,9H,3-6,8H2,(H,19,20). The summed E-state index contributed by atoms with van der Waals surface area (Å²) >= 11 is 13.3. The van der Waals surface area contributed by atoms with E-state index in [1.807, 2.05) is 0 Å².